The number of aliphatic hydroxyl groups is 1. The van der Waals surface area contributed by atoms with E-state index in [4.69, 9.17) is 11.6 Å². The summed E-state index contributed by atoms with van der Waals surface area (Å²) in [5.41, 5.74) is 1.17. The van der Waals surface area contributed by atoms with Crippen LogP contribution < -0.4 is 4.90 Å². The zero-order valence-corrected chi connectivity index (χ0v) is 13.3. The number of carbonyl (C=O) groups is 1. The minimum Gasteiger partial charge on any atom is -0.374 e. The number of hydrogen-bond donors (Lipinski definition) is 1. The van der Waals surface area contributed by atoms with Gasteiger partial charge in [-0.2, -0.15) is 0 Å². The van der Waals surface area contributed by atoms with E-state index in [1.807, 2.05) is 42.2 Å². The summed E-state index contributed by atoms with van der Waals surface area (Å²) in [5.74, 6) is 0.0840. The molecule has 0 spiro atoms. The molecule has 4 nitrogen and oxygen atoms in total. The third-order valence-corrected chi connectivity index (χ3v) is 4.92. The van der Waals surface area contributed by atoms with Crippen molar-refractivity contribution in [2.24, 2.45) is 4.99 Å². The number of nitrogens with zero attached hydrogens (tertiary/aromatic N) is 2. The fourth-order valence-corrected chi connectivity index (χ4v) is 3.38. The first kappa shape index (κ1) is 14.4. The molecule has 2 aliphatic rings. The summed E-state index contributed by atoms with van der Waals surface area (Å²) in [6, 6.07) is 13.1. The predicted molar refractivity (Wildman–Crippen MR) is 91.0 cm³/mol. The lowest BCUT2D eigenvalue weighted by molar-refractivity contribution is 0.0602. The van der Waals surface area contributed by atoms with Gasteiger partial charge in [-0.25, -0.2) is 4.99 Å². The van der Waals surface area contributed by atoms with Gasteiger partial charge in [0.1, 0.15) is 5.84 Å². The average Bonchev–Trinajstić information content (AvgIpc) is 2.89. The lowest BCUT2D eigenvalue weighted by Crippen LogP contribution is -2.48. The molecule has 0 radical (unpaired) electrons. The van der Waals surface area contributed by atoms with E-state index in [1.54, 1.807) is 12.1 Å². The normalized spacial score (nSPS) is 22.7. The van der Waals surface area contributed by atoms with E-state index in [9.17, 15) is 9.90 Å². The largest absolute Gasteiger partial charge is 0.374 e. The van der Waals surface area contributed by atoms with E-state index in [0.717, 1.165) is 11.3 Å². The minimum atomic E-state index is -1.57. The molecule has 116 valence electrons. The molecule has 0 unspecified atom stereocenters. The van der Waals surface area contributed by atoms with Gasteiger partial charge in [-0.05, 0) is 36.8 Å². The highest BCUT2D eigenvalue weighted by Crippen LogP contribution is 2.40. The van der Waals surface area contributed by atoms with Gasteiger partial charge in [0, 0.05) is 29.2 Å². The van der Waals surface area contributed by atoms with Crippen molar-refractivity contribution in [1.82, 2.24) is 0 Å². The second kappa shape index (κ2) is 4.91. The number of benzene rings is 2. The van der Waals surface area contributed by atoms with Crippen LogP contribution in [0.4, 0.5) is 11.4 Å². The smallest absolute Gasteiger partial charge is 0.204 e. The van der Waals surface area contributed by atoms with Crippen molar-refractivity contribution >= 4 is 34.6 Å². The molecule has 4 rings (SSSR count). The maximum Gasteiger partial charge on any atom is 0.204 e. The molecular formula is C18H15ClN2O2. The van der Waals surface area contributed by atoms with Crippen molar-refractivity contribution < 1.29 is 9.90 Å². The second-order valence-electron chi connectivity index (χ2n) is 5.98. The van der Waals surface area contributed by atoms with Gasteiger partial charge in [-0.3, -0.25) is 4.79 Å². The highest BCUT2D eigenvalue weighted by Gasteiger charge is 2.52. The van der Waals surface area contributed by atoms with Crippen molar-refractivity contribution in [3.8, 4) is 0 Å². The SMILES string of the molecule is Cc1cc2c(cc1Cl)C(=O)[C@]1(O)CCN(c3ccccc3)C1=N2. The molecule has 2 aliphatic heterocycles. The third-order valence-electron chi connectivity index (χ3n) is 4.51. The Hall–Kier alpha value is -2.17. The Morgan fingerprint density at radius 1 is 1.26 bits per heavy atom. The van der Waals surface area contributed by atoms with Gasteiger partial charge in [0.25, 0.3) is 0 Å². The van der Waals surface area contributed by atoms with Crippen LogP contribution in [0.1, 0.15) is 22.3 Å². The van der Waals surface area contributed by atoms with Crippen LogP contribution in [0.3, 0.4) is 0 Å². The molecule has 1 atom stereocenters. The van der Waals surface area contributed by atoms with Crippen LogP contribution in [0.15, 0.2) is 47.5 Å². The Bertz CT molecular complexity index is 848. The Balaban J connectivity index is 1.90. The molecule has 2 aromatic carbocycles. The van der Waals surface area contributed by atoms with Crippen LogP contribution in [-0.2, 0) is 0 Å². The Labute approximate surface area is 139 Å². The first-order valence-corrected chi connectivity index (χ1v) is 7.87. The summed E-state index contributed by atoms with van der Waals surface area (Å²) in [7, 11) is 0. The minimum absolute atomic E-state index is 0.321. The van der Waals surface area contributed by atoms with Crippen LogP contribution in [-0.4, -0.2) is 28.9 Å². The molecule has 0 bridgehead atoms. The number of rotatable bonds is 1. The molecule has 0 aliphatic carbocycles. The van der Waals surface area contributed by atoms with Gasteiger partial charge in [0.2, 0.25) is 5.78 Å². The molecule has 2 aromatic rings. The molecule has 23 heavy (non-hydrogen) atoms. The number of hydrogen-bond acceptors (Lipinski definition) is 4. The number of aryl methyl sites for hydroxylation is 1. The lowest BCUT2D eigenvalue weighted by Gasteiger charge is -2.30. The van der Waals surface area contributed by atoms with Gasteiger partial charge in [-0.15, -0.1) is 0 Å². The summed E-state index contributed by atoms with van der Waals surface area (Å²) in [4.78, 5) is 19.4. The van der Waals surface area contributed by atoms with E-state index >= 15 is 0 Å². The van der Waals surface area contributed by atoms with Crippen molar-refractivity contribution in [1.29, 1.82) is 0 Å². The number of anilines is 1. The zero-order valence-electron chi connectivity index (χ0n) is 12.6. The highest BCUT2D eigenvalue weighted by atomic mass is 35.5. The van der Waals surface area contributed by atoms with Crippen molar-refractivity contribution in [2.45, 2.75) is 18.9 Å². The number of amidine groups is 1. The maximum atomic E-state index is 12.8. The second-order valence-corrected chi connectivity index (χ2v) is 6.39. The van der Waals surface area contributed by atoms with Gasteiger partial charge < -0.3 is 10.0 Å². The molecule has 1 saturated heterocycles. The van der Waals surface area contributed by atoms with Gasteiger partial charge in [0.15, 0.2) is 5.60 Å². The van der Waals surface area contributed by atoms with Crippen molar-refractivity contribution in [3.05, 3.63) is 58.6 Å². The first-order chi connectivity index (χ1) is 11.0. The van der Waals surface area contributed by atoms with Crippen LogP contribution in [0.25, 0.3) is 0 Å². The highest BCUT2D eigenvalue weighted by molar-refractivity contribution is 6.33. The standard InChI is InChI=1S/C18H15ClN2O2/c1-11-9-15-13(10-14(11)19)16(22)18(23)7-8-21(17(18)20-15)12-5-3-2-4-6-12/h2-6,9-10,23H,7-8H2,1H3/t18-/m1/s1. The topological polar surface area (TPSA) is 52.9 Å². The monoisotopic (exact) mass is 326 g/mol. The first-order valence-electron chi connectivity index (χ1n) is 7.50. The summed E-state index contributed by atoms with van der Waals surface area (Å²) in [6.07, 6.45) is 0.324. The van der Waals surface area contributed by atoms with Crippen LogP contribution in [0.2, 0.25) is 5.02 Å². The maximum absolute atomic E-state index is 12.8. The Morgan fingerprint density at radius 3 is 2.74 bits per heavy atom. The van der Waals surface area contributed by atoms with E-state index in [0.29, 0.717) is 35.1 Å². The van der Waals surface area contributed by atoms with E-state index < -0.39 is 5.60 Å². The number of halogens is 1. The molecule has 0 amide bonds. The molecule has 0 aromatic heterocycles. The van der Waals surface area contributed by atoms with Crippen LogP contribution >= 0.6 is 11.6 Å². The van der Waals surface area contributed by atoms with Crippen LogP contribution in [0.5, 0.6) is 0 Å². The molecule has 0 saturated carbocycles. The molecule has 2 heterocycles. The number of fused-ring (bicyclic) bond motifs is 2. The average molecular weight is 327 g/mol. The molecular weight excluding hydrogens is 312 g/mol. The van der Waals surface area contributed by atoms with Crippen molar-refractivity contribution in [2.75, 3.05) is 11.4 Å². The zero-order chi connectivity index (χ0) is 16.2. The van der Waals surface area contributed by atoms with E-state index in [-0.39, 0.29) is 5.78 Å². The van der Waals surface area contributed by atoms with E-state index in [1.165, 1.54) is 0 Å². The summed E-state index contributed by atoms with van der Waals surface area (Å²) < 4.78 is 0. The van der Waals surface area contributed by atoms with Gasteiger partial charge >= 0.3 is 0 Å². The lowest BCUT2D eigenvalue weighted by atomic mass is 9.87. The van der Waals surface area contributed by atoms with Crippen molar-refractivity contribution in [3.63, 3.8) is 0 Å². The number of carbonyl (C=O) groups excluding carboxylic acids is 1. The number of Topliss-reactive ketones (excluding diaryl/α,β-unsaturated/α-hetero) is 1. The number of ketones is 1. The van der Waals surface area contributed by atoms with E-state index in [2.05, 4.69) is 4.99 Å². The third kappa shape index (κ3) is 2.02. The van der Waals surface area contributed by atoms with Crippen LogP contribution in [0, 0.1) is 6.92 Å². The molecule has 1 N–H and O–H groups in total. The quantitative estimate of drug-likeness (QED) is 0.872. The summed E-state index contributed by atoms with van der Waals surface area (Å²) in [6.45, 7) is 2.42. The summed E-state index contributed by atoms with van der Waals surface area (Å²) in [5, 5.41) is 11.5. The fourth-order valence-electron chi connectivity index (χ4n) is 3.22. The number of aliphatic imine (C=N–C) groups is 1. The molecule has 1 fully saturated rings. The fraction of sp³-hybridized carbons (Fsp3) is 0.222. The summed E-state index contributed by atoms with van der Waals surface area (Å²) >= 11 is 6.13. The Morgan fingerprint density at radius 2 is 2.00 bits per heavy atom. The predicted octanol–water partition coefficient (Wildman–Crippen LogP) is 3.52. The number of para-hydroxylation sites is 1. The Kier molecular flexibility index (Phi) is 3.08. The van der Waals surface area contributed by atoms with Gasteiger partial charge in [0.05, 0.1) is 5.69 Å². The van der Waals surface area contributed by atoms with Gasteiger partial charge in [-0.1, -0.05) is 29.8 Å². The molecule has 5 heteroatoms.